The Hall–Kier alpha value is -3.20. The van der Waals surface area contributed by atoms with Crippen LogP contribution in [0, 0.1) is 13.8 Å². The van der Waals surface area contributed by atoms with E-state index in [1.54, 1.807) is 45.9 Å². The summed E-state index contributed by atoms with van der Waals surface area (Å²) in [6.07, 6.45) is 0. The molecule has 29 heavy (non-hydrogen) atoms. The van der Waals surface area contributed by atoms with E-state index in [0.717, 1.165) is 0 Å². The number of halogens is 1. The lowest BCUT2D eigenvalue weighted by Gasteiger charge is -2.18. The van der Waals surface area contributed by atoms with E-state index in [1.807, 2.05) is 0 Å². The van der Waals surface area contributed by atoms with Crippen LogP contribution in [0.5, 0.6) is 0 Å². The zero-order valence-electron chi connectivity index (χ0n) is 16.3. The number of rotatable bonds is 5. The molecule has 2 aromatic heterocycles. The molecule has 1 amide bonds. The maximum Gasteiger partial charge on any atom is 0.361 e. The second-order valence-electron chi connectivity index (χ2n) is 6.34. The van der Waals surface area contributed by atoms with Gasteiger partial charge in [-0.1, -0.05) is 22.8 Å². The number of amides is 1. The molecule has 0 aliphatic rings. The maximum absolute atomic E-state index is 13.1. The lowest BCUT2D eigenvalue weighted by molar-refractivity contribution is -0.118. The summed E-state index contributed by atoms with van der Waals surface area (Å²) in [5, 5.41) is 6.75. The van der Waals surface area contributed by atoms with E-state index >= 15 is 0 Å². The smallest absolute Gasteiger partial charge is 0.361 e. The van der Waals surface area contributed by atoms with Crippen LogP contribution < -0.4 is 10.9 Å². The van der Waals surface area contributed by atoms with Crippen molar-refractivity contribution in [1.29, 1.82) is 0 Å². The van der Waals surface area contributed by atoms with Crippen molar-refractivity contribution in [3.05, 3.63) is 50.7 Å². The van der Waals surface area contributed by atoms with Crippen LogP contribution in [0.25, 0.3) is 11.1 Å². The van der Waals surface area contributed by atoms with Crippen LogP contribution in [-0.4, -0.2) is 33.2 Å². The summed E-state index contributed by atoms with van der Waals surface area (Å²) in [5.41, 5.74) is 0.251. The second-order valence-corrected chi connectivity index (χ2v) is 6.75. The van der Waals surface area contributed by atoms with Gasteiger partial charge in [0.2, 0.25) is 11.6 Å². The molecule has 0 aliphatic heterocycles. The third kappa shape index (κ3) is 3.73. The highest BCUT2D eigenvalue weighted by atomic mass is 35.5. The molecule has 152 valence electrons. The van der Waals surface area contributed by atoms with E-state index in [2.05, 4.69) is 15.5 Å². The number of hydrogen-bond acceptors (Lipinski definition) is 7. The first-order valence-corrected chi connectivity index (χ1v) is 9.25. The predicted molar refractivity (Wildman–Crippen MR) is 106 cm³/mol. The molecule has 0 radical (unpaired) electrons. The van der Waals surface area contributed by atoms with Crippen LogP contribution in [0.3, 0.4) is 0 Å². The van der Waals surface area contributed by atoms with Gasteiger partial charge in [-0.25, -0.2) is 4.79 Å². The summed E-state index contributed by atoms with van der Waals surface area (Å²) in [6.45, 7) is 6.62. The van der Waals surface area contributed by atoms with Gasteiger partial charge in [0.05, 0.1) is 6.61 Å². The average molecular weight is 419 g/mol. The molecule has 10 heteroatoms. The Morgan fingerprint density at radius 1 is 1.34 bits per heavy atom. The number of anilines is 1. The first kappa shape index (κ1) is 20.5. The molecule has 3 rings (SSSR count). The van der Waals surface area contributed by atoms with Gasteiger partial charge in [0.25, 0.3) is 11.3 Å². The van der Waals surface area contributed by atoms with Crippen molar-refractivity contribution in [2.45, 2.75) is 33.7 Å². The van der Waals surface area contributed by atoms with Gasteiger partial charge in [0.15, 0.2) is 0 Å². The second kappa shape index (κ2) is 8.04. The van der Waals surface area contributed by atoms with Crippen molar-refractivity contribution < 1.29 is 18.8 Å². The standard InChI is InChI=1S/C19H19ClN4O5/c1-5-28-19(27)15-14-17(29-23-15)21-11(4)24(18(14)26)10(3)16(25)22-13-8-6-7-12(20)9(13)2/h6-8,10H,5H2,1-4H3,(H,22,25). The fourth-order valence-electron chi connectivity index (χ4n) is 2.91. The summed E-state index contributed by atoms with van der Waals surface area (Å²) >= 11 is 6.09. The van der Waals surface area contributed by atoms with E-state index in [0.29, 0.717) is 16.3 Å². The molecule has 1 aromatic carbocycles. The summed E-state index contributed by atoms with van der Waals surface area (Å²) < 4.78 is 11.1. The van der Waals surface area contributed by atoms with Crippen molar-refractivity contribution in [2.75, 3.05) is 11.9 Å². The first-order valence-electron chi connectivity index (χ1n) is 8.87. The normalized spacial score (nSPS) is 12.0. The fraction of sp³-hybridized carbons (Fsp3) is 0.316. The van der Waals surface area contributed by atoms with Crippen LogP contribution >= 0.6 is 11.6 Å². The quantitative estimate of drug-likeness (QED) is 0.633. The van der Waals surface area contributed by atoms with Crippen LogP contribution in [0.15, 0.2) is 27.5 Å². The molecule has 1 unspecified atom stereocenters. The summed E-state index contributed by atoms with van der Waals surface area (Å²) in [7, 11) is 0. The van der Waals surface area contributed by atoms with Gasteiger partial charge in [-0.15, -0.1) is 0 Å². The minimum atomic E-state index is -0.928. The summed E-state index contributed by atoms with van der Waals surface area (Å²) in [6, 6.07) is 4.21. The molecule has 0 aliphatic carbocycles. The Labute approximate surface area is 170 Å². The van der Waals surface area contributed by atoms with E-state index in [1.165, 1.54) is 4.57 Å². The number of hydrogen-bond donors (Lipinski definition) is 1. The first-order chi connectivity index (χ1) is 13.8. The minimum absolute atomic E-state index is 0.0925. The number of aromatic nitrogens is 3. The van der Waals surface area contributed by atoms with Crippen molar-refractivity contribution in [3.8, 4) is 0 Å². The van der Waals surface area contributed by atoms with Crippen molar-refractivity contribution in [1.82, 2.24) is 14.7 Å². The number of carbonyl (C=O) groups is 2. The van der Waals surface area contributed by atoms with Gasteiger partial charge in [-0.2, -0.15) is 4.98 Å². The van der Waals surface area contributed by atoms with Gasteiger partial charge in [-0.05, 0) is 45.4 Å². The number of benzene rings is 1. The molecule has 9 nitrogen and oxygen atoms in total. The van der Waals surface area contributed by atoms with Crippen LogP contribution in [0.2, 0.25) is 5.02 Å². The third-order valence-corrected chi connectivity index (χ3v) is 4.89. The average Bonchev–Trinajstić information content (AvgIpc) is 3.09. The zero-order valence-corrected chi connectivity index (χ0v) is 17.0. The van der Waals surface area contributed by atoms with Crippen LogP contribution in [0.1, 0.15) is 41.8 Å². The third-order valence-electron chi connectivity index (χ3n) is 4.48. The Balaban J connectivity index is 2.03. The molecule has 0 saturated heterocycles. The largest absolute Gasteiger partial charge is 0.461 e. The number of esters is 1. The maximum atomic E-state index is 13.1. The topological polar surface area (TPSA) is 116 Å². The molecule has 0 saturated carbocycles. The summed E-state index contributed by atoms with van der Waals surface area (Å²) in [5.74, 6) is -1.01. The van der Waals surface area contributed by atoms with Gasteiger partial charge in [0, 0.05) is 10.7 Å². The molecule has 1 N–H and O–H groups in total. The Morgan fingerprint density at radius 3 is 2.76 bits per heavy atom. The molecule has 0 fully saturated rings. The zero-order chi connectivity index (χ0) is 21.3. The van der Waals surface area contributed by atoms with E-state index in [9.17, 15) is 14.4 Å². The Kier molecular flexibility index (Phi) is 5.69. The van der Waals surface area contributed by atoms with Gasteiger partial charge in [0.1, 0.15) is 17.3 Å². The molecule has 2 heterocycles. The Morgan fingerprint density at radius 2 is 2.07 bits per heavy atom. The highest BCUT2D eigenvalue weighted by Crippen LogP contribution is 2.24. The van der Waals surface area contributed by atoms with Crippen molar-refractivity contribution >= 4 is 40.3 Å². The van der Waals surface area contributed by atoms with E-state index in [-0.39, 0.29) is 29.2 Å². The lowest BCUT2D eigenvalue weighted by Crippen LogP contribution is -2.34. The SMILES string of the molecule is CCOC(=O)c1noc2nc(C)n(C(C)C(=O)Nc3cccc(Cl)c3C)c(=O)c12. The summed E-state index contributed by atoms with van der Waals surface area (Å²) in [4.78, 5) is 42.1. The van der Waals surface area contributed by atoms with Gasteiger partial charge < -0.3 is 14.6 Å². The number of aryl methyl sites for hydroxylation is 1. The monoisotopic (exact) mass is 418 g/mol. The highest BCUT2D eigenvalue weighted by molar-refractivity contribution is 6.31. The van der Waals surface area contributed by atoms with E-state index < -0.39 is 23.5 Å². The minimum Gasteiger partial charge on any atom is -0.461 e. The number of carbonyl (C=O) groups excluding carboxylic acids is 2. The lowest BCUT2D eigenvalue weighted by atomic mass is 10.2. The van der Waals surface area contributed by atoms with Gasteiger partial charge >= 0.3 is 5.97 Å². The predicted octanol–water partition coefficient (Wildman–Crippen LogP) is 3.03. The highest BCUT2D eigenvalue weighted by Gasteiger charge is 2.27. The van der Waals surface area contributed by atoms with Gasteiger partial charge in [-0.3, -0.25) is 14.2 Å². The van der Waals surface area contributed by atoms with Crippen LogP contribution in [0.4, 0.5) is 5.69 Å². The Bertz CT molecular complexity index is 1170. The number of nitrogens with zero attached hydrogens (tertiary/aromatic N) is 3. The molecule has 3 aromatic rings. The fourth-order valence-corrected chi connectivity index (χ4v) is 3.09. The van der Waals surface area contributed by atoms with Crippen molar-refractivity contribution in [3.63, 3.8) is 0 Å². The van der Waals surface area contributed by atoms with Crippen LogP contribution in [-0.2, 0) is 9.53 Å². The van der Waals surface area contributed by atoms with E-state index in [4.69, 9.17) is 20.9 Å². The molecule has 0 spiro atoms. The number of fused-ring (bicyclic) bond motifs is 1. The number of nitrogens with one attached hydrogen (secondary N) is 1. The van der Waals surface area contributed by atoms with Crippen molar-refractivity contribution in [2.24, 2.45) is 0 Å². The number of ether oxygens (including phenoxy) is 1. The molecule has 0 bridgehead atoms. The molecule has 1 atom stereocenters. The molecular formula is C19H19ClN4O5. The molecular weight excluding hydrogens is 400 g/mol.